The zero-order valence-corrected chi connectivity index (χ0v) is 13.4. The van der Waals surface area contributed by atoms with E-state index in [0.717, 1.165) is 11.1 Å². The lowest BCUT2D eigenvalue weighted by molar-refractivity contribution is 0.0997. The second-order valence-electron chi connectivity index (χ2n) is 5.34. The van der Waals surface area contributed by atoms with E-state index < -0.39 is 5.91 Å². The predicted molar refractivity (Wildman–Crippen MR) is 91.4 cm³/mol. The first kappa shape index (κ1) is 15.3. The van der Waals surface area contributed by atoms with Gasteiger partial charge in [-0.2, -0.15) is 0 Å². The van der Waals surface area contributed by atoms with Gasteiger partial charge in [-0.3, -0.25) is 9.59 Å². The number of carbonyl (C=O) groups excluding carboxylic acids is 1. The maximum absolute atomic E-state index is 12.4. The van der Waals surface area contributed by atoms with Crippen molar-refractivity contribution >= 4 is 34.2 Å². The number of carbonyl (C=O) groups is 1. The minimum atomic E-state index is -0.491. The average Bonchev–Trinajstić information content (AvgIpc) is 2.52. The lowest BCUT2D eigenvalue weighted by Crippen LogP contribution is -2.15. The van der Waals surface area contributed by atoms with Crippen LogP contribution in [0.4, 0.5) is 5.69 Å². The van der Waals surface area contributed by atoms with Gasteiger partial charge in [0.15, 0.2) is 11.2 Å². The monoisotopic (exact) mass is 327 g/mol. The molecule has 1 heterocycles. The lowest BCUT2D eigenvalue weighted by atomic mass is 10.1. The largest absolute Gasteiger partial charge is 0.451 e. The number of aryl methyl sites for hydroxylation is 1. The summed E-state index contributed by atoms with van der Waals surface area (Å²) in [5, 5.41) is 3.73. The van der Waals surface area contributed by atoms with Gasteiger partial charge in [-0.05, 0) is 43.7 Å². The molecular formula is C18H14ClNO3. The predicted octanol–water partition coefficient (Wildman–Crippen LogP) is 4.32. The standard InChI is InChI=1S/C18H14ClNO3/c1-10-6-7-16-12(8-10)15(21)9-17(23-16)18(22)20-14-5-3-4-13(19)11(14)2/h3-9H,1-2H3,(H,20,22). The van der Waals surface area contributed by atoms with E-state index in [0.29, 0.717) is 21.7 Å². The van der Waals surface area contributed by atoms with Gasteiger partial charge in [-0.25, -0.2) is 0 Å². The summed E-state index contributed by atoms with van der Waals surface area (Å²) in [5.74, 6) is -0.527. The number of anilines is 1. The van der Waals surface area contributed by atoms with Crippen LogP contribution in [0.25, 0.3) is 11.0 Å². The van der Waals surface area contributed by atoms with Crippen LogP contribution in [0, 0.1) is 13.8 Å². The number of nitrogens with one attached hydrogen (secondary N) is 1. The molecular weight excluding hydrogens is 314 g/mol. The highest BCUT2D eigenvalue weighted by atomic mass is 35.5. The topological polar surface area (TPSA) is 59.3 Å². The van der Waals surface area contributed by atoms with Gasteiger partial charge in [0.2, 0.25) is 0 Å². The van der Waals surface area contributed by atoms with Gasteiger partial charge in [0.25, 0.3) is 5.91 Å². The van der Waals surface area contributed by atoms with E-state index in [9.17, 15) is 9.59 Å². The van der Waals surface area contributed by atoms with Crippen molar-refractivity contribution in [2.75, 3.05) is 5.32 Å². The average molecular weight is 328 g/mol. The van der Waals surface area contributed by atoms with Gasteiger partial charge < -0.3 is 9.73 Å². The van der Waals surface area contributed by atoms with Crippen molar-refractivity contribution in [3.63, 3.8) is 0 Å². The number of hydrogen-bond donors (Lipinski definition) is 1. The van der Waals surface area contributed by atoms with Gasteiger partial charge in [-0.1, -0.05) is 29.3 Å². The minimum Gasteiger partial charge on any atom is -0.451 e. The molecule has 0 radical (unpaired) electrons. The number of rotatable bonds is 2. The normalized spacial score (nSPS) is 10.7. The van der Waals surface area contributed by atoms with Crippen LogP contribution in [0.1, 0.15) is 21.7 Å². The van der Waals surface area contributed by atoms with E-state index in [4.69, 9.17) is 16.0 Å². The van der Waals surface area contributed by atoms with Gasteiger partial charge in [0.05, 0.1) is 5.39 Å². The first-order chi connectivity index (χ1) is 11.0. The molecule has 3 rings (SSSR count). The highest BCUT2D eigenvalue weighted by Crippen LogP contribution is 2.23. The summed E-state index contributed by atoms with van der Waals surface area (Å²) < 4.78 is 5.56. The van der Waals surface area contributed by atoms with E-state index in [1.165, 1.54) is 6.07 Å². The molecule has 4 nitrogen and oxygen atoms in total. The fourth-order valence-electron chi connectivity index (χ4n) is 2.31. The highest BCUT2D eigenvalue weighted by molar-refractivity contribution is 6.31. The summed E-state index contributed by atoms with van der Waals surface area (Å²) in [6.07, 6.45) is 0. The lowest BCUT2D eigenvalue weighted by Gasteiger charge is -2.09. The molecule has 1 amide bonds. The van der Waals surface area contributed by atoms with E-state index >= 15 is 0 Å². The Morgan fingerprint density at radius 2 is 1.91 bits per heavy atom. The van der Waals surface area contributed by atoms with Crippen LogP contribution in [0.15, 0.2) is 51.7 Å². The third-order valence-electron chi connectivity index (χ3n) is 3.62. The van der Waals surface area contributed by atoms with Crippen molar-refractivity contribution in [3.8, 4) is 0 Å². The maximum atomic E-state index is 12.4. The molecule has 0 fully saturated rings. The third-order valence-corrected chi connectivity index (χ3v) is 4.03. The Labute approximate surface area is 137 Å². The second kappa shape index (κ2) is 5.89. The molecule has 23 heavy (non-hydrogen) atoms. The van der Waals surface area contributed by atoms with E-state index in [1.54, 1.807) is 37.3 Å². The van der Waals surface area contributed by atoms with Crippen LogP contribution in [-0.2, 0) is 0 Å². The molecule has 0 aliphatic heterocycles. The Kier molecular flexibility index (Phi) is 3.92. The molecule has 0 spiro atoms. The number of benzene rings is 2. The zero-order valence-electron chi connectivity index (χ0n) is 12.6. The summed E-state index contributed by atoms with van der Waals surface area (Å²) in [6.45, 7) is 3.69. The molecule has 1 N–H and O–H groups in total. The number of halogens is 1. The molecule has 5 heteroatoms. The zero-order chi connectivity index (χ0) is 16.6. The molecule has 0 atom stereocenters. The van der Waals surface area contributed by atoms with Crippen molar-refractivity contribution in [2.24, 2.45) is 0 Å². The van der Waals surface area contributed by atoms with E-state index in [-0.39, 0.29) is 11.2 Å². The first-order valence-electron chi connectivity index (χ1n) is 7.06. The molecule has 0 bridgehead atoms. The summed E-state index contributed by atoms with van der Waals surface area (Å²) in [5.41, 5.74) is 2.42. The Hall–Kier alpha value is -2.59. The van der Waals surface area contributed by atoms with Crippen molar-refractivity contribution in [1.82, 2.24) is 0 Å². The fraction of sp³-hybridized carbons (Fsp3) is 0.111. The Bertz CT molecular complexity index is 976. The number of hydrogen-bond acceptors (Lipinski definition) is 3. The molecule has 116 valence electrons. The van der Waals surface area contributed by atoms with Crippen molar-refractivity contribution in [2.45, 2.75) is 13.8 Å². The van der Waals surface area contributed by atoms with Crippen LogP contribution in [-0.4, -0.2) is 5.91 Å². The van der Waals surface area contributed by atoms with E-state index in [2.05, 4.69) is 5.32 Å². The first-order valence-corrected chi connectivity index (χ1v) is 7.44. The summed E-state index contributed by atoms with van der Waals surface area (Å²) >= 11 is 6.04. The van der Waals surface area contributed by atoms with Crippen molar-refractivity contribution < 1.29 is 9.21 Å². The molecule has 2 aromatic carbocycles. The minimum absolute atomic E-state index is 0.0364. The van der Waals surface area contributed by atoms with Crippen molar-refractivity contribution in [3.05, 3.63) is 74.6 Å². The molecule has 0 saturated carbocycles. The van der Waals surface area contributed by atoms with Crippen LogP contribution >= 0.6 is 11.6 Å². The molecule has 0 saturated heterocycles. The Balaban J connectivity index is 2.00. The second-order valence-corrected chi connectivity index (χ2v) is 5.75. The third kappa shape index (κ3) is 2.98. The SMILES string of the molecule is Cc1ccc2oc(C(=O)Nc3cccc(Cl)c3C)cc(=O)c2c1. The number of amides is 1. The smallest absolute Gasteiger partial charge is 0.291 e. The molecule has 0 aliphatic carbocycles. The molecule has 0 aliphatic rings. The summed E-state index contributed by atoms with van der Waals surface area (Å²) in [4.78, 5) is 24.5. The maximum Gasteiger partial charge on any atom is 0.291 e. The highest BCUT2D eigenvalue weighted by Gasteiger charge is 2.14. The Morgan fingerprint density at radius 1 is 1.13 bits per heavy atom. The molecule has 3 aromatic rings. The van der Waals surface area contributed by atoms with Crippen LogP contribution in [0.2, 0.25) is 5.02 Å². The van der Waals surface area contributed by atoms with Gasteiger partial charge in [0.1, 0.15) is 5.58 Å². The van der Waals surface area contributed by atoms with Crippen LogP contribution < -0.4 is 10.7 Å². The van der Waals surface area contributed by atoms with E-state index in [1.807, 2.05) is 13.0 Å². The quantitative estimate of drug-likeness (QED) is 0.762. The van der Waals surface area contributed by atoms with Gasteiger partial charge in [0, 0.05) is 16.8 Å². The number of fused-ring (bicyclic) bond motifs is 1. The fourth-order valence-corrected chi connectivity index (χ4v) is 2.48. The van der Waals surface area contributed by atoms with Gasteiger partial charge >= 0.3 is 0 Å². The van der Waals surface area contributed by atoms with Crippen molar-refractivity contribution in [1.29, 1.82) is 0 Å². The van der Waals surface area contributed by atoms with Gasteiger partial charge in [-0.15, -0.1) is 0 Å². The molecule has 0 unspecified atom stereocenters. The summed E-state index contributed by atoms with van der Waals surface area (Å²) in [7, 11) is 0. The Morgan fingerprint density at radius 3 is 2.70 bits per heavy atom. The van der Waals surface area contributed by atoms with Crippen LogP contribution in [0.3, 0.4) is 0 Å². The summed E-state index contributed by atoms with van der Waals surface area (Å²) in [6, 6.07) is 11.7. The van der Waals surface area contributed by atoms with Crippen LogP contribution in [0.5, 0.6) is 0 Å². The molecule has 1 aromatic heterocycles.